The fraction of sp³-hybridized carbons (Fsp3) is 0.350. The number of ether oxygens (including phenoxy) is 2. The van der Waals surface area contributed by atoms with Crippen molar-refractivity contribution in [1.82, 2.24) is 5.32 Å². The molecule has 0 saturated heterocycles. The van der Waals surface area contributed by atoms with Gasteiger partial charge in [0.1, 0.15) is 11.5 Å². The molecule has 0 saturated carbocycles. The molecule has 5 heteroatoms. The van der Waals surface area contributed by atoms with E-state index in [9.17, 15) is 4.79 Å². The molecular formula is C20H25NO3S. The van der Waals surface area contributed by atoms with E-state index >= 15 is 0 Å². The largest absolute Gasteiger partial charge is 0.497 e. The van der Waals surface area contributed by atoms with E-state index in [2.05, 4.69) is 12.2 Å². The molecule has 0 fully saturated rings. The molecule has 2 rings (SSSR count). The van der Waals surface area contributed by atoms with Crippen molar-refractivity contribution in [2.45, 2.75) is 25.1 Å². The van der Waals surface area contributed by atoms with Crippen molar-refractivity contribution < 1.29 is 14.3 Å². The molecule has 0 aliphatic rings. The van der Waals surface area contributed by atoms with Gasteiger partial charge in [0.2, 0.25) is 5.91 Å². The zero-order valence-corrected chi connectivity index (χ0v) is 15.8. The van der Waals surface area contributed by atoms with Gasteiger partial charge in [-0.1, -0.05) is 31.2 Å². The van der Waals surface area contributed by atoms with Gasteiger partial charge in [0.25, 0.3) is 0 Å². The van der Waals surface area contributed by atoms with Crippen molar-refractivity contribution in [3.63, 3.8) is 0 Å². The molecule has 25 heavy (non-hydrogen) atoms. The second-order valence-corrected chi connectivity index (χ2v) is 6.63. The lowest BCUT2D eigenvalue weighted by atomic mass is 10.0. The lowest BCUT2D eigenvalue weighted by Crippen LogP contribution is -2.29. The molecule has 0 aliphatic heterocycles. The molecule has 2 aromatic rings. The van der Waals surface area contributed by atoms with E-state index in [-0.39, 0.29) is 11.9 Å². The zero-order valence-electron chi connectivity index (χ0n) is 15.0. The fourth-order valence-corrected chi connectivity index (χ4v) is 3.28. The quantitative estimate of drug-likeness (QED) is 0.729. The highest BCUT2D eigenvalue weighted by atomic mass is 32.2. The summed E-state index contributed by atoms with van der Waals surface area (Å²) in [6.45, 7) is 2.07. The number of methoxy groups -OCH3 is 2. The second kappa shape index (κ2) is 9.99. The zero-order chi connectivity index (χ0) is 18.1. The molecule has 0 heterocycles. The van der Waals surface area contributed by atoms with E-state index in [4.69, 9.17) is 9.47 Å². The molecule has 0 bridgehead atoms. The number of nitrogens with one attached hydrogen (secondary N) is 1. The summed E-state index contributed by atoms with van der Waals surface area (Å²) in [4.78, 5) is 12.2. The van der Waals surface area contributed by atoms with Crippen LogP contribution in [0.15, 0.2) is 48.5 Å². The molecular weight excluding hydrogens is 334 g/mol. The molecule has 0 aliphatic carbocycles. The summed E-state index contributed by atoms with van der Waals surface area (Å²) < 4.78 is 10.3. The predicted molar refractivity (Wildman–Crippen MR) is 103 cm³/mol. The summed E-state index contributed by atoms with van der Waals surface area (Å²) in [6.07, 6.45) is 0.848. The minimum absolute atomic E-state index is 0.0278. The Hall–Kier alpha value is -2.14. The van der Waals surface area contributed by atoms with Crippen LogP contribution in [0, 0.1) is 0 Å². The first-order chi connectivity index (χ1) is 12.2. The molecule has 134 valence electrons. The highest BCUT2D eigenvalue weighted by Crippen LogP contribution is 2.21. The molecule has 0 spiro atoms. The molecule has 1 amide bonds. The average molecular weight is 359 g/mol. The van der Waals surface area contributed by atoms with Gasteiger partial charge < -0.3 is 14.8 Å². The van der Waals surface area contributed by atoms with Crippen molar-refractivity contribution in [2.24, 2.45) is 0 Å². The van der Waals surface area contributed by atoms with Gasteiger partial charge in [-0.2, -0.15) is 0 Å². The molecule has 1 atom stereocenters. The summed E-state index contributed by atoms with van der Waals surface area (Å²) >= 11 is 1.61. The first kappa shape index (κ1) is 19.2. The minimum Gasteiger partial charge on any atom is -0.497 e. The predicted octanol–water partition coefficient (Wildman–Crippen LogP) is 4.20. The third kappa shape index (κ3) is 6.02. The van der Waals surface area contributed by atoms with Crippen molar-refractivity contribution in [3.8, 4) is 11.5 Å². The molecule has 2 aromatic carbocycles. The van der Waals surface area contributed by atoms with Crippen LogP contribution in [0.5, 0.6) is 11.5 Å². The number of carbonyl (C=O) groups excluding carboxylic acids is 1. The van der Waals surface area contributed by atoms with E-state index in [0.29, 0.717) is 5.75 Å². The Bertz CT molecular complexity index is 656. The summed E-state index contributed by atoms with van der Waals surface area (Å²) in [5.74, 6) is 2.97. The Morgan fingerprint density at radius 3 is 2.08 bits per heavy atom. The van der Waals surface area contributed by atoms with Crippen LogP contribution in [-0.2, 0) is 10.5 Å². The van der Waals surface area contributed by atoms with Crippen molar-refractivity contribution in [2.75, 3.05) is 20.0 Å². The summed E-state index contributed by atoms with van der Waals surface area (Å²) in [7, 11) is 3.30. The van der Waals surface area contributed by atoms with Gasteiger partial charge >= 0.3 is 0 Å². The van der Waals surface area contributed by atoms with E-state index in [1.807, 2.05) is 48.5 Å². The van der Waals surface area contributed by atoms with Crippen molar-refractivity contribution in [3.05, 3.63) is 59.7 Å². The first-order valence-electron chi connectivity index (χ1n) is 8.30. The maximum atomic E-state index is 12.2. The maximum Gasteiger partial charge on any atom is 0.230 e. The van der Waals surface area contributed by atoms with Gasteiger partial charge in [-0.3, -0.25) is 4.79 Å². The van der Waals surface area contributed by atoms with Gasteiger partial charge in [-0.05, 0) is 41.8 Å². The molecule has 0 unspecified atom stereocenters. The van der Waals surface area contributed by atoms with Crippen LogP contribution in [0.3, 0.4) is 0 Å². The lowest BCUT2D eigenvalue weighted by Gasteiger charge is -2.17. The van der Waals surface area contributed by atoms with Crippen LogP contribution in [0.2, 0.25) is 0 Å². The van der Waals surface area contributed by atoms with E-state index in [1.54, 1.807) is 26.0 Å². The van der Waals surface area contributed by atoms with Gasteiger partial charge in [0.15, 0.2) is 0 Å². The Morgan fingerprint density at radius 2 is 1.56 bits per heavy atom. The SMILES string of the molecule is CC[C@H](NC(=O)CSCc1ccc(OC)cc1)c1ccc(OC)cc1. The number of benzene rings is 2. The van der Waals surface area contributed by atoms with Gasteiger partial charge in [0, 0.05) is 5.75 Å². The summed E-state index contributed by atoms with van der Waals surface area (Å²) in [5.41, 5.74) is 2.28. The minimum atomic E-state index is 0.0278. The number of hydrogen-bond donors (Lipinski definition) is 1. The Balaban J connectivity index is 1.80. The van der Waals surface area contributed by atoms with E-state index < -0.39 is 0 Å². The van der Waals surface area contributed by atoms with Crippen molar-refractivity contribution >= 4 is 17.7 Å². The molecule has 0 aromatic heterocycles. The fourth-order valence-electron chi connectivity index (χ4n) is 2.48. The van der Waals surface area contributed by atoms with Crippen LogP contribution in [0.25, 0.3) is 0 Å². The van der Waals surface area contributed by atoms with E-state index in [1.165, 1.54) is 5.56 Å². The Labute approximate surface area is 153 Å². The third-order valence-corrected chi connectivity index (χ3v) is 4.93. The van der Waals surface area contributed by atoms with E-state index in [0.717, 1.165) is 29.2 Å². The van der Waals surface area contributed by atoms with Crippen LogP contribution < -0.4 is 14.8 Å². The smallest absolute Gasteiger partial charge is 0.230 e. The highest BCUT2D eigenvalue weighted by Gasteiger charge is 2.12. The monoisotopic (exact) mass is 359 g/mol. The van der Waals surface area contributed by atoms with Crippen LogP contribution in [-0.4, -0.2) is 25.9 Å². The molecule has 1 N–H and O–H groups in total. The molecule has 0 radical (unpaired) electrons. The highest BCUT2D eigenvalue weighted by molar-refractivity contribution is 7.99. The van der Waals surface area contributed by atoms with Gasteiger partial charge in [-0.15, -0.1) is 11.8 Å². The topological polar surface area (TPSA) is 47.6 Å². The Kier molecular flexibility index (Phi) is 7.67. The number of carbonyl (C=O) groups is 1. The Morgan fingerprint density at radius 1 is 1.00 bits per heavy atom. The lowest BCUT2D eigenvalue weighted by molar-refractivity contribution is -0.119. The maximum absolute atomic E-state index is 12.2. The molecule has 4 nitrogen and oxygen atoms in total. The summed E-state index contributed by atoms with van der Waals surface area (Å²) in [6, 6.07) is 15.8. The first-order valence-corrected chi connectivity index (χ1v) is 9.45. The van der Waals surface area contributed by atoms with Crippen LogP contribution in [0.1, 0.15) is 30.5 Å². The van der Waals surface area contributed by atoms with Gasteiger partial charge in [0.05, 0.1) is 26.0 Å². The number of rotatable bonds is 9. The third-order valence-electron chi connectivity index (χ3n) is 3.92. The summed E-state index contributed by atoms with van der Waals surface area (Å²) in [5, 5.41) is 3.10. The van der Waals surface area contributed by atoms with Crippen LogP contribution in [0.4, 0.5) is 0 Å². The second-order valence-electron chi connectivity index (χ2n) is 5.64. The van der Waals surface area contributed by atoms with Crippen LogP contribution >= 0.6 is 11.8 Å². The number of amides is 1. The standard InChI is InChI=1S/C20H25NO3S/c1-4-19(16-7-11-18(24-3)12-8-16)21-20(22)14-25-13-15-5-9-17(23-2)10-6-15/h5-12,19H,4,13-14H2,1-3H3,(H,21,22)/t19-/m0/s1. The van der Waals surface area contributed by atoms with Gasteiger partial charge in [-0.25, -0.2) is 0 Å². The average Bonchev–Trinajstić information content (AvgIpc) is 2.66. The van der Waals surface area contributed by atoms with Crippen molar-refractivity contribution in [1.29, 1.82) is 0 Å². The number of hydrogen-bond acceptors (Lipinski definition) is 4. The number of thioether (sulfide) groups is 1. The normalized spacial score (nSPS) is 11.6.